The van der Waals surface area contributed by atoms with Gasteiger partial charge in [0, 0.05) is 0 Å². The van der Waals surface area contributed by atoms with Gasteiger partial charge in [-0.1, -0.05) is 26.8 Å². The number of fused-ring (bicyclic) bond motifs is 1. The number of carbonyl (C=O) groups excluding carboxylic acids is 1. The van der Waals surface area contributed by atoms with Gasteiger partial charge in [0.1, 0.15) is 28.7 Å². The van der Waals surface area contributed by atoms with Crippen molar-refractivity contribution in [2.75, 3.05) is 10.6 Å². The molecule has 1 amide bonds. The van der Waals surface area contributed by atoms with Crippen molar-refractivity contribution in [3.05, 3.63) is 72.7 Å². The standard InChI is InChI=1S/C24H26FN3O4/c1-10-9-15(32-12(10)3)22(24(4,5)6)28-19-18(20(29)21(19)30)27-17-14(25)8-7-13-11(2)26-23(31)16(13)17/h7-9,11,22,27-28H,1-6H3,(H,26,31)/t11?,22-/m0/s1. The van der Waals surface area contributed by atoms with E-state index >= 15 is 0 Å². The summed E-state index contributed by atoms with van der Waals surface area (Å²) in [5, 5.41) is 8.60. The first kappa shape index (κ1) is 21.8. The van der Waals surface area contributed by atoms with Crippen LogP contribution in [0.2, 0.25) is 0 Å². The topological polar surface area (TPSA) is 100 Å². The van der Waals surface area contributed by atoms with Crippen molar-refractivity contribution in [2.45, 2.75) is 53.6 Å². The van der Waals surface area contributed by atoms with Gasteiger partial charge in [-0.05, 0) is 49.4 Å². The molecule has 7 nitrogen and oxygen atoms in total. The molecule has 0 aliphatic carbocycles. The number of carbonyl (C=O) groups is 1. The number of nitrogens with one attached hydrogen (secondary N) is 3. The molecule has 1 aromatic heterocycles. The Kier molecular flexibility index (Phi) is 4.99. The number of furan rings is 1. The van der Waals surface area contributed by atoms with Crippen LogP contribution in [0.3, 0.4) is 0 Å². The Bertz CT molecular complexity index is 1290. The SMILES string of the molecule is Cc1cc([C@H](Nc2c(Nc3c(F)ccc4c3C(=O)NC4C)c(=O)c2=O)C(C)(C)C)oc1C. The van der Waals surface area contributed by atoms with E-state index in [1.54, 1.807) is 6.92 Å². The minimum Gasteiger partial charge on any atom is -0.464 e. The molecule has 3 N–H and O–H groups in total. The summed E-state index contributed by atoms with van der Waals surface area (Å²) in [5.41, 5.74) is -0.236. The Hall–Kier alpha value is -3.42. The van der Waals surface area contributed by atoms with Crippen molar-refractivity contribution in [1.29, 1.82) is 0 Å². The van der Waals surface area contributed by atoms with E-state index < -0.39 is 28.6 Å². The number of rotatable bonds is 5. The first-order chi connectivity index (χ1) is 14.9. The van der Waals surface area contributed by atoms with E-state index in [-0.39, 0.29) is 34.1 Å². The molecule has 1 aliphatic rings. The van der Waals surface area contributed by atoms with Gasteiger partial charge in [-0.3, -0.25) is 14.4 Å². The van der Waals surface area contributed by atoms with Crippen molar-refractivity contribution in [2.24, 2.45) is 5.41 Å². The minimum absolute atomic E-state index is 0.0464. The second-order valence-corrected chi connectivity index (χ2v) is 9.45. The Labute approximate surface area is 184 Å². The average Bonchev–Trinajstić information content (AvgIpc) is 3.18. The van der Waals surface area contributed by atoms with Gasteiger partial charge in [-0.25, -0.2) is 4.39 Å². The van der Waals surface area contributed by atoms with Crippen molar-refractivity contribution >= 4 is 23.0 Å². The molecule has 0 saturated heterocycles. The molecule has 2 heterocycles. The summed E-state index contributed by atoms with van der Waals surface area (Å²) in [6.45, 7) is 11.5. The summed E-state index contributed by atoms with van der Waals surface area (Å²) in [5.74, 6) is 0.279. The van der Waals surface area contributed by atoms with E-state index in [0.717, 1.165) is 11.3 Å². The van der Waals surface area contributed by atoms with Crippen LogP contribution in [0.15, 0.2) is 32.2 Å². The van der Waals surface area contributed by atoms with Crippen molar-refractivity contribution in [1.82, 2.24) is 5.32 Å². The van der Waals surface area contributed by atoms with Gasteiger partial charge in [-0.15, -0.1) is 0 Å². The summed E-state index contributed by atoms with van der Waals surface area (Å²) in [7, 11) is 0. The Morgan fingerprint density at radius 2 is 1.72 bits per heavy atom. The van der Waals surface area contributed by atoms with Gasteiger partial charge in [-0.2, -0.15) is 0 Å². The van der Waals surface area contributed by atoms with Crippen LogP contribution in [0.25, 0.3) is 0 Å². The van der Waals surface area contributed by atoms with Gasteiger partial charge in [0.2, 0.25) is 0 Å². The highest BCUT2D eigenvalue weighted by molar-refractivity contribution is 6.05. The van der Waals surface area contributed by atoms with Gasteiger partial charge in [0.25, 0.3) is 16.8 Å². The van der Waals surface area contributed by atoms with Gasteiger partial charge in [0.05, 0.1) is 23.3 Å². The Morgan fingerprint density at radius 1 is 1.06 bits per heavy atom. The Morgan fingerprint density at radius 3 is 2.31 bits per heavy atom. The van der Waals surface area contributed by atoms with Crippen LogP contribution in [-0.2, 0) is 0 Å². The van der Waals surface area contributed by atoms with Crippen molar-refractivity contribution in [3.8, 4) is 0 Å². The summed E-state index contributed by atoms with van der Waals surface area (Å²) >= 11 is 0. The molecule has 2 atom stereocenters. The van der Waals surface area contributed by atoms with Crippen LogP contribution in [-0.4, -0.2) is 5.91 Å². The third-order valence-corrected chi connectivity index (χ3v) is 6.01. The van der Waals surface area contributed by atoms with Crippen LogP contribution >= 0.6 is 0 Å². The van der Waals surface area contributed by atoms with Gasteiger partial charge >= 0.3 is 0 Å². The summed E-state index contributed by atoms with van der Waals surface area (Å²) in [6.07, 6.45) is 0. The van der Waals surface area contributed by atoms with Gasteiger partial charge < -0.3 is 20.4 Å². The molecule has 1 aliphatic heterocycles. The summed E-state index contributed by atoms with van der Waals surface area (Å²) in [6, 6.07) is 3.97. The lowest BCUT2D eigenvalue weighted by Crippen LogP contribution is -2.39. The smallest absolute Gasteiger partial charge is 0.254 e. The quantitative estimate of drug-likeness (QED) is 0.510. The molecular weight excluding hydrogens is 413 g/mol. The minimum atomic E-state index is -0.768. The highest BCUT2D eigenvalue weighted by atomic mass is 19.1. The van der Waals surface area contributed by atoms with E-state index in [1.165, 1.54) is 12.1 Å². The maximum absolute atomic E-state index is 14.7. The molecule has 0 bridgehead atoms. The molecule has 0 spiro atoms. The normalized spacial score (nSPS) is 16.7. The van der Waals surface area contributed by atoms with Crippen LogP contribution in [0.4, 0.5) is 21.5 Å². The second-order valence-electron chi connectivity index (χ2n) is 9.45. The maximum atomic E-state index is 14.7. The molecule has 1 unspecified atom stereocenters. The van der Waals surface area contributed by atoms with Crippen LogP contribution in [0, 0.1) is 25.1 Å². The second kappa shape index (κ2) is 7.32. The number of anilines is 3. The largest absolute Gasteiger partial charge is 0.464 e. The molecule has 0 radical (unpaired) electrons. The summed E-state index contributed by atoms with van der Waals surface area (Å²) < 4.78 is 20.6. The first-order valence-electron chi connectivity index (χ1n) is 10.5. The zero-order valence-electron chi connectivity index (χ0n) is 18.9. The van der Waals surface area contributed by atoms with Crippen LogP contribution in [0.1, 0.15) is 72.8 Å². The van der Waals surface area contributed by atoms with E-state index in [4.69, 9.17) is 4.42 Å². The number of benzene rings is 1. The maximum Gasteiger partial charge on any atom is 0.254 e. The number of aryl methyl sites for hydroxylation is 2. The highest BCUT2D eigenvalue weighted by Gasteiger charge is 2.35. The number of hydrogen-bond donors (Lipinski definition) is 3. The molecule has 0 saturated carbocycles. The first-order valence-corrected chi connectivity index (χ1v) is 10.5. The van der Waals surface area contributed by atoms with E-state index in [0.29, 0.717) is 11.3 Å². The number of halogens is 1. The zero-order chi connectivity index (χ0) is 23.5. The molecule has 32 heavy (non-hydrogen) atoms. The highest BCUT2D eigenvalue weighted by Crippen LogP contribution is 2.40. The third-order valence-electron chi connectivity index (χ3n) is 6.01. The monoisotopic (exact) mass is 439 g/mol. The summed E-state index contributed by atoms with van der Waals surface area (Å²) in [4.78, 5) is 37.2. The Balaban J connectivity index is 1.74. The predicted molar refractivity (Wildman–Crippen MR) is 121 cm³/mol. The van der Waals surface area contributed by atoms with Crippen LogP contribution in [0.5, 0.6) is 0 Å². The van der Waals surface area contributed by atoms with Gasteiger partial charge in [0.15, 0.2) is 0 Å². The lowest BCUT2D eigenvalue weighted by Gasteiger charge is -2.31. The van der Waals surface area contributed by atoms with E-state index in [9.17, 15) is 18.8 Å². The number of hydrogen-bond acceptors (Lipinski definition) is 6. The molecular formula is C24H26FN3O4. The fourth-order valence-corrected chi connectivity index (χ4v) is 4.04. The lowest BCUT2D eigenvalue weighted by atomic mass is 9.84. The number of amides is 1. The van der Waals surface area contributed by atoms with E-state index in [1.807, 2.05) is 40.7 Å². The predicted octanol–water partition coefficient (Wildman–Crippen LogP) is 4.38. The zero-order valence-corrected chi connectivity index (χ0v) is 18.9. The molecule has 168 valence electrons. The molecule has 3 aromatic rings. The molecule has 0 fully saturated rings. The fourth-order valence-electron chi connectivity index (χ4n) is 4.04. The van der Waals surface area contributed by atoms with Crippen LogP contribution < -0.4 is 26.8 Å². The average molecular weight is 439 g/mol. The van der Waals surface area contributed by atoms with E-state index in [2.05, 4.69) is 16.0 Å². The van der Waals surface area contributed by atoms with Crippen molar-refractivity contribution < 1.29 is 13.6 Å². The molecule has 2 aromatic carbocycles. The third kappa shape index (κ3) is 3.39. The molecule has 4 rings (SSSR count). The fraction of sp³-hybridized carbons (Fsp3) is 0.375. The lowest BCUT2D eigenvalue weighted by molar-refractivity contribution is 0.0959. The molecule has 8 heteroatoms. The van der Waals surface area contributed by atoms with Crippen molar-refractivity contribution in [3.63, 3.8) is 0 Å².